The van der Waals surface area contributed by atoms with Crippen LogP contribution in [-0.2, 0) is 9.47 Å². The molecule has 1 heterocycles. The Morgan fingerprint density at radius 3 is 2.41 bits per heavy atom. The molecule has 1 aliphatic heterocycles. The van der Waals surface area contributed by atoms with E-state index in [4.69, 9.17) is 14.6 Å². The van der Waals surface area contributed by atoms with Crippen LogP contribution in [0.2, 0.25) is 0 Å². The van der Waals surface area contributed by atoms with Crippen LogP contribution in [-0.4, -0.2) is 30.2 Å². The highest BCUT2D eigenvalue weighted by atomic mass is 16.7. The Kier molecular flexibility index (Phi) is 3.81. The molecule has 0 aromatic rings. The van der Waals surface area contributed by atoms with E-state index in [1.54, 1.807) is 0 Å². The first-order chi connectivity index (χ1) is 8.01. The van der Waals surface area contributed by atoms with Crippen molar-refractivity contribution in [2.45, 2.75) is 64.8 Å². The Balaban J connectivity index is 1.90. The van der Waals surface area contributed by atoms with Crippen LogP contribution in [0.1, 0.15) is 52.9 Å². The molecule has 2 fully saturated rings. The van der Waals surface area contributed by atoms with Crippen molar-refractivity contribution in [2.75, 3.05) is 13.2 Å². The van der Waals surface area contributed by atoms with Crippen LogP contribution in [0.15, 0.2) is 0 Å². The first kappa shape index (κ1) is 13.3. The lowest BCUT2D eigenvalue weighted by molar-refractivity contribution is -0.199. The highest BCUT2D eigenvalue weighted by Crippen LogP contribution is 2.46. The van der Waals surface area contributed by atoms with Crippen molar-refractivity contribution in [3.05, 3.63) is 0 Å². The predicted molar refractivity (Wildman–Crippen MR) is 66.7 cm³/mol. The first-order valence-electron chi connectivity index (χ1n) is 6.94. The van der Waals surface area contributed by atoms with Crippen LogP contribution < -0.4 is 0 Å². The van der Waals surface area contributed by atoms with Gasteiger partial charge in [0.1, 0.15) is 6.10 Å². The molecule has 1 aliphatic carbocycles. The molecule has 100 valence electrons. The van der Waals surface area contributed by atoms with Gasteiger partial charge in [0.15, 0.2) is 5.79 Å². The standard InChI is InChI=1S/C14H26O3/c1-4-13(2,3)11-5-7-14(8-6-11)16-10-12(9-15)17-14/h11-12,15H,4-10H2,1-3H3. The quantitative estimate of drug-likeness (QED) is 0.827. The van der Waals surface area contributed by atoms with Crippen LogP contribution in [0.5, 0.6) is 0 Å². The van der Waals surface area contributed by atoms with Gasteiger partial charge in [-0.1, -0.05) is 27.2 Å². The monoisotopic (exact) mass is 242 g/mol. The van der Waals surface area contributed by atoms with Crippen molar-refractivity contribution in [3.8, 4) is 0 Å². The fraction of sp³-hybridized carbons (Fsp3) is 1.00. The van der Waals surface area contributed by atoms with Crippen molar-refractivity contribution in [1.29, 1.82) is 0 Å². The second-order valence-corrected chi connectivity index (χ2v) is 6.26. The molecule has 0 aromatic heterocycles. The summed E-state index contributed by atoms with van der Waals surface area (Å²) in [5.41, 5.74) is 0.427. The van der Waals surface area contributed by atoms with E-state index in [1.807, 2.05) is 0 Å². The zero-order chi connectivity index (χ0) is 12.5. The van der Waals surface area contributed by atoms with Crippen LogP contribution in [0.3, 0.4) is 0 Å². The van der Waals surface area contributed by atoms with Gasteiger partial charge in [0.2, 0.25) is 0 Å². The Hall–Kier alpha value is -0.120. The molecule has 0 bridgehead atoms. The van der Waals surface area contributed by atoms with E-state index >= 15 is 0 Å². The normalized spacial score (nSPS) is 38.8. The van der Waals surface area contributed by atoms with Crippen molar-refractivity contribution in [2.24, 2.45) is 11.3 Å². The SMILES string of the molecule is CCC(C)(C)C1CCC2(CC1)OCC(CO)O2. The average molecular weight is 242 g/mol. The van der Waals surface area contributed by atoms with Gasteiger partial charge < -0.3 is 14.6 Å². The molecule has 0 aromatic carbocycles. The maximum atomic E-state index is 9.09. The highest BCUT2D eigenvalue weighted by molar-refractivity contribution is 4.89. The third kappa shape index (κ3) is 2.67. The Morgan fingerprint density at radius 1 is 1.29 bits per heavy atom. The number of rotatable bonds is 3. The molecular weight excluding hydrogens is 216 g/mol. The van der Waals surface area contributed by atoms with Gasteiger partial charge in [0.05, 0.1) is 13.2 Å². The summed E-state index contributed by atoms with van der Waals surface area (Å²) < 4.78 is 11.7. The zero-order valence-electron chi connectivity index (χ0n) is 11.4. The van der Waals surface area contributed by atoms with E-state index < -0.39 is 0 Å². The fourth-order valence-corrected chi connectivity index (χ4v) is 3.10. The molecule has 0 amide bonds. The molecule has 1 spiro atoms. The van der Waals surface area contributed by atoms with Crippen molar-refractivity contribution in [1.82, 2.24) is 0 Å². The summed E-state index contributed by atoms with van der Waals surface area (Å²) in [6.07, 6.45) is 5.45. The summed E-state index contributed by atoms with van der Waals surface area (Å²) in [4.78, 5) is 0. The summed E-state index contributed by atoms with van der Waals surface area (Å²) in [6, 6.07) is 0. The van der Waals surface area contributed by atoms with Gasteiger partial charge in [-0.2, -0.15) is 0 Å². The van der Waals surface area contributed by atoms with E-state index in [2.05, 4.69) is 20.8 Å². The van der Waals surface area contributed by atoms with E-state index in [9.17, 15) is 0 Å². The van der Waals surface area contributed by atoms with Crippen LogP contribution in [0, 0.1) is 11.3 Å². The van der Waals surface area contributed by atoms with Crippen molar-refractivity contribution >= 4 is 0 Å². The van der Waals surface area contributed by atoms with Crippen molar-refractivity contribution in [3.63, 3.8) is 0 Å². The second-order valence-electron chi connectivity index (χ2n) is 6.26. The fourth-order valence-electron chi connectivity index (χ4n) is 3.10. The van der Waals surface area contributed by atoms with Crippen LogP contribution in [0.25, 0.3) is 0 Å². The summed E-state index contributed by atoms with van der Waals surface area (Å²) in [6.45, 7) is 7.63. The molecule has 1 saturated carbocycles. The second kappa shape index (κ2) is 4.87. The average Bonchev–Trinajstić information content (AvgIpc) is 2.73. The lowest BCUT2D eigenvalue weighted by Crippen LogP contribution is -2.39. The third-order valence-corrected chi connectivity index (χ3v) is 4.88. The van der Waals surface area contributed by atoms with Gasteiger partial charge in [-0.05, 0) is 24.2 Å². The molecule has 1 saturated heterocycles. The minimum Gasteiger partial charge on any atom is -0.394 e. The predicted octanol–water partition coefficient (Wildman–Crippen LogP) is 2.72. The third-order valence-electron chi connectivity index (χ3n) is 4.88. The van der Waals surface area contributed by atoms with Gasteiger partial charge in [-0.15, -0.1) is 0 Å². The van der Waals surface area contributed by atoms with Gasteiger partial charge in [0.25, 0.3) is 0 Å². The van der Waals surface area contributed by atoms with Crippen LogP contribution in [0.4, 0.5) is 0 Å². The number of aliphatic hydroxyl groups is 1. The minimum atomic E-state index is -0.367. The lowest BCUT2D eigenvalue weighted by atomic mass is 9.68. The summed E-state index contributed by atoms with van der Waals surface area (Å²) in [5.74, 6) is 0.409. The Bertz CT molecular complexity index is 254. The lowest BCUT2D eigenvalue weighted by Gasteiger charge is -2.42. The van der Waals surface area contributed by atoms with E-state index in [1.165, 1.54) is 19.3 Å². The zero-order valence-corrected chi connectivity index (χ0v) is 11.4. The Morgan fingerprint density at radius 2 is 1.94 bits per heavy atom. The summed E-state index contributed by atoms with van der Waals surface area (Å²) >= 11 is 0. The Labute approximate surface area is 104 Å². The van der Waals surface area contributed by atoms with Gasteiger partial charge in [-0.3, -0.25) is 0 Å². The number of aliphatic hydroxyl groups excluding tert-OH is 1. The smallest absolute Gasteiger partial charge is 0.169 e. The molecule has 17 heavy (non-hydrogen) atoms. The summed E-state index contributed by atoms with van der Waals surface area (Å²) in [7, 11) is 0. The molecule has 2 aliphatic rings. The maximum absolute atomic E-state index is 9.09. The molecule has 0 radical (unpaired) electrons. The maximum Gasteiger partial charge on any atom is 0.169 e. The topological polar surface area (TPSA) is 38.7 Å². The molecule has 1 unspecified atom stereocenters. The largest absolute Gasteiger partial charge is 0.394 e. The minimum absolute atomic E-state index is 0.0750. The van der Waals surface area contributed by atoms with E-state index in [0.717, 1.165) is 18.8 Å². The van der Waals surface area contributed by atoms with E-state index in [0.29, 0.717) is 12.0 Å². The highest BCUT2D eigenvalue weighted by Gasteiger charge is 2.46. The molecular formula is C14H26O3. The molecule has 3 nitrogen and oxygen atoms in total. The van der Waals surface area contributed by atoms with Gasteiger partial charge in [0, 0.05) is 12.8 Å². The van der Waals surface area contributed by atoms with Crippen molar-refractivity contribution < 1.29 is 14.6 Å². The van der Waals surface area contributed by atoms with Gasteiger partial charge in [-0.25, -0.2) is 0 Å². The molecule has 1 atom stereocenters. The first-order valence-corrected chi connectivity index (χ1v) is 6.94. The van der Waals surface area contributed by atoms with E-state index in [-0.39, 0.29) is 18.5 Å². The molecule has 2 rings (SSSR count). The van der Waals surface area contributed by atoms with Crippen LogP contribution >= 0.6 is 0 Å². The number of ether oxygens (including phenoxy) is 2. The number of hydrogen-bond donors (Lipinski definition) is 1. The summed E-state index contributed by atoms with van der Waals surface area (Å²) in [5, 5.41) is 9.09. The molecule has 3 heteroatoms. The molecule has 1 N–H and O–H groups in total. The van der Waals surface area contributed by atoms with Gasteiger partial charge >= 0.3 is 0 Å². The number of hydrogen-bond acceptors (Lipinski definition) is 3.